The minimum atomic E-state index is -0.221. The number of hydrogen-bond acceptors (Lipinski definition) is 3. The maximum absolute atomic E-state index is 11.1. The van der Waals surface area contributed by atoms with Gasteiger partial charge in [0.25, 0.3) is 0 Å². The highest BCUT2D eigenvalue weighted by molar-refractivity contribution is 5.72. The van der Waals surface area contributed by atoms with Crippen LogP contribution in [0.3, 0.4) is 0 Å². The molecule has 0 radical (unpaired) electrons. The van der Waals surface area contributed by atoms with Gasteiger partial charge in [-0.15, -0.1) is 6.42 Å². The Hall–Kier alpha value is -1.79. The molecule has 0 spiro atoms. The maximum atomic E-state index is 11.1. The van der Waals surface area contributed by atoms with Gasteiger partial charge in [-0.2, -0.15) is 0 Å². The number of aliphatic hydroxyl groups is 1. The van der Waals surface area contributed by atoms with Crippen molar-refractivity contribution < 1.29 is 14.6 Å². The Labute approximate surface area is 123 Å². The van der Waals surface area contributed by atoms with Crippen LogP contribution in [0.1, 0.15) is 53.0 Å². The standard InChI is InChI=1S/C12H12O2.C3H8O.C2H6/c1-3-6-12(13)14-11-8-5-7-10(4-2)9-11;1-3(2)4;1-2/h2,5,7-9H,3,6H2,1H3;3-4H,1-2H3;1-2H3. The summed E-state index contributed by atoms with van der Waals surface area (Å²) in [4.78, 5) is 11.1. The zero-order valence-corrected chi connectivity index (χ0v) is 13.1. The largest absolute Gasteiger partial charge is 0.426 e. The molecule has 0 atom stereocenters. The molecule has 112 valence electrons. The predicted molar refractivity (Wildman–Crippen MR) is 83.6 cm³/mol. The fourth-order valence-electron chi connectivity index (χ4n) is 1.04. The molecular formula is C17H26O3. The highest BCUT2D eigenvalue weighted by atomic mass is 16.5. The summed E-state index contributed by atoms with van der Waals surface area (Å²) in [5.74, 6) is 2.77. The molecule has 0 aliphatic carbocycles. The van der Waals surface area contributed by atoms with Gasteiger partial charge < -0.3 is 9.84 Å². The van der Waals surface area contributed by atoms with Crippen molar-refractivity contribution in [1.29, 1.82) is 0 Å². The number of benzene rings is 1. The van der Waals surface area contributed by atoms with Crippen molar-refractivity contribution in [2.24, 2.45) is 0 Å². The molecule has 1 aromatic rings. The van der Waals surface area contributed by atoms with Crippen LogP contribution < -0.4 is 4.74 Å². The first kappa shape index (κ1) is 20.5. The molecule has 0 aliphatic rings. The second-order valence-corrected chi connectivity index (χ2v) is 3.99. The Morgan fingerprint density at radius 2 is 1.95 bits per heavy atom. The van der Waals surface area contributed by atoms with Crippen LogP contribution in [0.5, 0.6) is 5.75 Å². The van der Waals surface area contributed by atoms with E-state index in [4.69, 9.17) is 16.3 Å². The van der Waals surface area contributed by atoms with E-state index in [-0.39, 0.29) is 12.1 Å². The van der Waals surface area contributed by atoms with E-state index in [9.17, 15) is 4.79 Å². The topological polar surface area (TPSA) is 46.5 Å². The lowest BCUT2D eigenvalue weighted by molar-refractivity contribution is -0.134. The summed E-state index contributed by atoms with van der Waals surface area (Å²) in [5.41, 5.74) is 0.715. The Morgan fingerprint density at radius 3 is 2.40 bits per heavy atom. The van der Waals surface area contributed by atoms with E-state index in [2.05, 4.69) is 5.92 Å². The third-order valence-corrected chi connectivity index (χ3v) is 1.69. The van der Waals surface area contributed by atoms with E-state index in [1.807, 2.05) is 20.8 Å². The monoisotopic (exact) mass is 278 g/mol. The molecular weight excluding hydrogens is 252 g/mol. The van der Waals surface area contributed by atoms with Gasteiger partial charge >= 0.3 is 5.97 Å². The molecule has 0 heterocycles. The molecule has 0 unspecified atom stereocenters. The highest BCUT2D eigenvalue weighted by Crippen LogP contribution is 2.13. The number of aliphatic hydroxyl groups excluding tert-OH is 1. The Bertz CT molecular complexity index is 400. The minimum absolute atomic E-state index is 0.167. The maximum Gasteiger partial charge on any atom is 0.311 e. The summed E-state index contributed by atoms with van der Waals surface area (Å²) in [6.45, 7) is 9.37. The number of esters is 1. The predicted octanol–water partition coefficient (Wildman–Crippen LogP) is 3.79. The lowest BCUT2D eigenvalue weighted by atomic mass is 10.2. The van der Waals surface area contributed by atoms with Crippen molar-refractivity contribution in [3.8, 4) is 18.1 Å². The van der Waals surface area contributed by atoms with Gasteiger partial charge in [-0.3, -0.25) is 4.79 Å². The third kappa shape index (κ3) is 12.7. The van der Waals surface area contributed by atoms with E-state index in [0.717, 1.165) is 6.42 Å². The van der Waals surface area contributed by atoms with Crippen LogP contribution in [0.4, 0.5) is 0 Å². The first-order valence-electron chi connectivity index (χ1n) is 6.95. The normalized spacial score (nSPS) is 8.50. The third-order valence-electron chi connectivity index (χ3n) is 1.69. The van der Waals surface area contributed by atoms with E-state index in [0.29, 0.717) is 17.7 Å². The highest BCUT2D eigenvalue weighted by Gasteiger charge is 2.02. The van der Waals surface area contributed by atoms with Crippen molar-refractivity contribution in [3.63, 3.8) is 0 Å². The Morgan fingerprint density at radius 1 is 1.40 bits per heavy atom. The number of ether oxygens (including phenoxy) is 1. The lowest BCUT2D eigenvalue weighted by Gasteiger charge is -2.02. The number of carbonyl (C=O) groups excluding carboxylic acids is 1. The zero-order chi connectivity index (χ0) is 16.0. The van der Waals surface area contributed by atoms with Crippen molar-refractivity contribution in [2.45, 2.75) is 53.6 Å². The van der Waals surface area contributed by atoms with Gasteiger partial charge in [0.15, 0.2) is 0 Å². The van der Waals surface area contributed by atoms with Crippen LogP contribution in [-0.4, -0.2) is 17.2 Å². The van der Waals surface area contributed by atoms with Crippen LogP contribution in [0, 0.1) is 12.3 Å². The summed E-state index contributed by atoms with van der Waals surface area (Å²) >= 11 is 0. The number of carbonyl (C=O) groups is 1. The lowest BCUT2D eigenvalue weighted by Crippen LogP contribution is -2.06. The SMILES string of the molecule is C#Cc1cccc(OC(=O)CCC)c1.CC.CC(C)O. The fraction of sp³-hybridized carbons (Fsp3) is 0.471. The molecule has 1 rings (SSSR count). The quantitative estimate of drug-likeness (QED) is 0.520. The van der Waals surface area contributed by atoms with Gasteiger partial charge in [0.1, 0.15) is 5.75 Å². The molecule has 0 aromatic heterocycles. The van der Waals surface area contributed by atoms with Gasteiger partial charge in [0.05, 0.1) is 0 Å². The number of hydrogen-bond donors (Lipinski definition) is 1. The fourth-order valence-corrected chi connectivity index (χ4v) is 1.04. The van der Waals surface area contributed by atoms with Gasteiger partial charge in [-0.25, -0.2) is 0 Å². The van der Waals surface area contributed by atoms with Crippen molar-refractivity contribution in [3.05, 3.63) is 29.8 Å². The van der Waals surface area contributed by atoms with Gasteiger partial charge in [-0.05, 0) is 38.5 Å². The van der Waals surface area contributed by atoms with Crippen molar-refractivity contribution in [1.82, 2.24) is 0 Å². The summed E-state index contributed by atoms with van der Waals surface area (Å²) < 4.78 is 5.06. The van der Waals surface area contributed by atoms with Crippen molar-refractivity contribution >= 4 is 5.97 Å². The number of rotatable bonds is 3. The average Bonchev–Trinajstić information content (AvgIpc) is 2.41. The second-order valence-electron chi connectivity index (χ2n) is 3.99. The Balaban J connectivity index is 0. The van der Waals surface area contributed by atoms with Crippen LogP contribution in [-0.2, 0) is 4.79 Å². The zero-order valence-electron chi connectivity index (χ0n) is 13.1. The molecule has 0 aliphatic heterocycles. The molecule has 0 saturated heterocycles. The van der Waals surface area contributed by atoms with Crippen LogP contribution >= 0.6 is 0 Å². The second kappa shape index (κ2) is 13.6. The van der Waals surface area contributed by atoms with E-state index in [1.54, 1.807) is 38.1 Å². The van der Waals surface area contributed by atoms with Gasteiger partial charge in [0.2, 0.25) is 0 Å². The van der Waals surface area contributed by atoms with E-state index in [1.165, 1.54) is 0 Å². The first-order valence-corrected chi connectivity index (χ1v) is 6.95. The average molecular weight is 278 g/mol. The smallest absolute Gasteiger partial charge is 0.311 e. The molecule has 0 saturated carbocycles. The molecule has 0 fully saturated rings. The van der Waals surface area contributed by atoms with Gasteiger partial charge in [0, 0.05) is 18.1 Å². The number of terminal acetylenes is 1. The molecule has 20 heavy (non-hydrogen) atoms. The van der Waals surface area contributed by atoms with Crippen molar-refractivity contribution in [2.75, 3.05) is 0 Å². The van der Waals surface area contributed by atoms with Crippen LogP contribution in [0.15, 0.2) is 24.3 Å². The minimum Gasteiger partial charge on any atom is -0.426 e. The summed E-state index contributed by atoms with van der Waals surface area (Å²) in [5, 5.41) is 8.06. The van der Waals surface area contributed by atoms with E-state index < -0.39 is 0 Å². The molecule has 1 aromatic carbocycles. The molecule has 3 heteroatoms. The molecule has 1 N–H and O–H groups in total. The summed E-state index contributed by atoms with van der Waals surface area (Å²) in [6, 6.07) is 6.95. The molecule has 0 amide bonds. The van der Waals surface area contributed by atoms with Crippen LogP contribution in [0.25, 0.3) is 0 Å². The van der Waals surface area contributed by atoms with E-state index >= 15 is 0 Å². The van der Waals surface area contributed by atoms with Gasteiger partial charge in [-0.1, -0.05) is 32.8 Å². The first-order chi connectivity index (χ1) is 9.49. The molecule has 3 nitrogen and oxygen atoms in total. The summed E-state index contributed by atoms with van der Waals surface area (Å²) in [7, 11) is 0. The molecule has 0 bridgehead atoms. The summed E-state index contributed by atoms with van der Waals surface area (Å²) in [6.07, 6.45) is 6.27. The van der Waals surface area contributed by atoms with Crippen LogP contribution in [0.2, 0.25) is 0 Å². The Kier molecular flexibility index (Phi) is 14.0.